The number of imide groups is 1. The van der Waals surface area contributed by atoms with Gasteiger partial charge in [-0.15, -0.1) is 0 Å². The fraction of sp³-hybridized carbons (Fsp3) is 0.357. The first kappa shape index (κ1) is 23.0. The molecule has 0 radical (unpaired) electrons. The van der Waals surface area contributed by atoms with E-state index in [0.717, 1.165) is 12.0 Å². The molecule has 180 valence electrons. The lowest BCUT2D eigenvalue weighted by atomic mass is 9.85. The molecule has 2 fully saturated rings. The highest BCUT2D eigenvalue weighted by atomic mass is 16.5. The van der Waals surface area contributed by atoms with Crippen LogP contribution in [0.2, 0.25) is 0 Å². The van der Waals surface area contributed by atoms with E-state index in [1.807, 2.05) is 42.5 Å². The summed E-state index contributed by atoms with van der Waals surface area (Å²) in [6.45, 7) is 3.55. The molecule has 1 aliphatic heterocycles. The van der Waals surface area contributed by atoms with Crippen LogP contribution in [0.3, 0.4) is 0 Å². The molecule has 35 heavy (non-hydrogen) atoms. The molecule has 7 heteroatoms. The van der Waals surface area contributed by atoms with E-state index < -0.39 is 17.9 Å². The molecule has 3 aliphatic rings. The zero-order valence-electron chi connectivity index (χ0n) is 19.7. The first-order valence-corrected chi connectivity index (χ1v) is 12.0. The van der Waals surface area contributed by atoms with E-state index >= 15 is 0 Å². The Morgan fingerprint density at radius 2 is 1.54 bits per heavy atom. The smallest absolute Gasteiger partial charge is 0.338 e. The molecule has 1 saturated heterocycles. The number of benzene rings is 2. The van der Waals surface area contributed by atoms with Gasteiger partial charge in [-0.2, -0.15) is 0 Å². The van der Waals surface area contributed by atoms with Crippen LogP contribution in [0.15, 0.2) is 66.7 Å². The standard InChI is InChI=1S/C28H28N2O5/c1-16(2)35-28(34)18-10-12-21(13-11-18)29-25(31)22(14-17-6-4-3-5-7-17)30-26(32)23-19-8-9-20(15-19)24(23)27(30)33/h3-13,16,19-20,22-24H,14-15H2,1-2H3,(H,29,31)/t19-,20-,22-,23-,24-/m0/s1. The number of ether oxygens (including phenoxy) is 1. The number of nitrogens with zero attached hydrogens (tertiary/aromatic N) is 1. The van der Waals surface area contributed by atoms with E-state index in [4.69, 9.17) is 4.74 Å². The highest BCUT2D eigenvalue weighted by Gasteiger charge is 2.61. The normalized spacial score (nSPS) is 25.2. The summed E-state index contributed by atoms with van der Waals surface area (Å²) in [5, 5.41) is 2.84. The Kier molecular flexibility index (Phi) is 6.01. The number of esters is 1. The molecule has 0 unspecified atom stereocenters. The number of nitrogens with one attached hydrogen (secondary N) is 1. The third kappa shape index (κ3) is 4.27. The average Bonchev–Trinajstić information content (AvgIpc) is 3.52. The van der Waals surface area contributed by atoms with Gasteiger partial charge < -0.3 is 10.1 Å². The third-order valence-corrected chi connectivity index (χ3v) is 7.12. The molecule has 1 heterocycles. The molecule has 7 nitrogen and oxygen atoms in total. The zero-order chi connectivity index (χ0) is 24.7. The minimum Gasteiger partial charge on any atom is -0.459 e. The first-order chi connectivity index (χ1) is 16.8. The van der Waals surface area contributed by atoms with Crippen molar-refractivity contribution in [2.24, 2.45) is 23.7 Å². The molecule has 1 N–H and O–H groups in total. The molecule has 0 spiro atoms. The van der Waals surface area contributed by atoms with Crippen LogP contribution in [0.1, 0.15) is 36.2 Å². The summed E-state index contributed by atoms with van der Waals surface area (Å²) < 4.78 is 5.20. The second-order valence-electron chi connectivity index (χ2n) is 9.77. The van der Waals surface area contributed by atoms with Crippen LogP contribution in [0.4, 0.5) is 5.69 Å². The predicted octanol–water partition coefficient (Wildman–Crippen LogP) is 3.61. The Morgan fingerprint density at radius 1 is 0.943 bits per heavy atom. The van der Waals surface area contributed by atoms with E-state index in [9.17, 15) is 19.2 Å². The molecular formula is C28H28N2O5. The number of likely N-dealkylation sites (tertiary alicyclic amines) is 1. The highest BCUT2D eigenvalue weighted by Crippen LogP contribution is 2.53. The zero-order valence-corrected chi connectivity index (χ0v) is 19.7. The average molecular weight is 473 g/mol. The van der Waals surface area contributed by atoms with Crippen LogP contribution in [0.5, 0.6) is 0 Å². The number of amides is 3. The third-order valence-electron chi connectivity index (χ3n) is 7.12. The van der Waals surface area contributed by atoms with Crippen LogP contribution in [0.25, 0.3) is 0 Å². The second-order valence-corrected chi connectivity index (χ2v) is 9.77. The fourth-order valence-electron chi connectivity index (χ4n) is 5.57. The molecule has 5 atom stereocenters. The molecule has 0 aromatic heterocycles. The Hall–Kier alpha value is -3.74. The molecule has 2 aromatic rings. The summed E-state index contributed by atoms with van der Waals surface area (Å²) in [6.07, 6.45) is 4.91. The lowest BCUT2D eigenvalue weighted by molar-refractivity contribution is -0.147. The molecule has 1 saturated carbocycles. The van der Waals surface area contributed by atoms with Crippen molar-refractivity contribution in [2.75, 3.05) is 5.32 Å². The van der Waals surface area contributed by atoms with Gasteiger partial charge in [0.2, 0.25) is 17.7 Å². The number of fused-ring (bicyclic) bond motifs is 5. The van der Waals surface area contributed by atoms with Gasteiger partial charge in [0, 0.05) is 12.1 Å². The van der Waals surface area contributed by atoms with Crippen LogP contribution < -0.4 is 5.32 Å². The van der Waals surface area contributed by atoms with E-state index in [1.165, 1.54) is 4.90 Å². The quantitative estimate of drug-likeness (QED) is 0.378. The number of anilines is 1. The highest BCUT2D eigenvalue weighted by molar-refractivity contribution is 6.11. The van der Waals surface area contributed by atoms with E-state index in [-0.39, 0.29) is 48.0 Å². The van der Waals surface area contributed by atoms with Crippen molar-refractivity contribution in [3.8, 4) is 0 Å². The van der Waals surface area contributed by atoms with Gasteiger partial charge in [0.25, 0.3) is 0 Å². The van der Waals surface area contributed by atoms with E-state index in [1.54, 1.807) is 38.1 Å². The Balaban J connectivity index is 1.38. The minimum atomic E-state index is -0.965. The van der Waals surface area contributed by atoms with Crippen LogP contribution >= 0.6 is 0 Å². The van der Waals surface area contributed by atoms with Crippen molar-refractivity contribution in [3.05, 3.63) is 77.9 Å². The molecule has 2 aromatic carbocycles. The van der Waals surface area contributed by atoms with Crippen LogP contribution in [0, 0.1) is 23.7 Å². The largest absolute Gasteiger partial charge is 0.459 e. The summed E-state index contributed by atoms with van der Waals surface area (Å²) in [4.78, 5) is 53.6. The summed E-state index contributed by atoms with van der Waals surface area (Å²) in [6, 6.07) is 14.8. The second kappa shape index (κ2) is 9.13. The van der Waals surface area contributed by atoms with Crippen LogP contribution in [-0.2, 0) is 25.5 Å². The number of hydrogen-bond donors (Lipinski definition) is 1. The summed E-state index contributed by atoms with van der Waals surface area (Å²) in [7, 11) is 0. The first-order valence-electron chi connectivity index (χ1n) is 12.0. The lowest BCUT2D eigenvalue weighted by Gasteiger charge is -2.27. The molecule has 2 aliphatic carbocycles. The number of hydrogen-bond acceptors (Lipinski definition) is 5. The Bertz CT molecular complexity index is 1160. The maximum atomic E-state index is 13.5. The monoisotopic (exact) mass is 472 g/mol. The summed E-state index contributed by atoms with van der Waals surface area (Å²) in [5.41, 5.74) is 1.70. The number of rotatable bonds is 7. The molecule has 5 rings (SSSR count). The SMILES string of the molecule is CC(C)OC(=O)c1ccc(NC(=O)[C@H](Cc2ccccc2)N2C(=O)[C@@H]3[C@@H](C2=O)[C@H]2C=C[C@H]3C2)cc1. The van der Waals surface area contributed by atoms with Gasteiger partial charge in [-0.1, -0.05) is 42.5 Å². The molecule has 3 amide bonds. The van der Waals surface area contributed by atoms with Gasteiger partial charge in [-0.05, 0) is 61.9 Å². The number of carbonyl (C=O) groups excluding carboxylic acids is 4. The van der Waals surface area contributed by atoms with Crippen molar-refractivity contribution in [1.82, 2.24) is 4.90 Å². The van der Waals surface area contributed by atoms with Gasteiger partial charge in [0.05, 0.1) is 23.5 Å². The Labute approximate surface area is 204 Å². The predicted molar refractivity (Wildman–Crippen MR) is 129 cm³/mol. The maximum absolute atomic E-state index is 13.5. The van der Waals surface area contributed by atoms with Gasteiger partial charge in [-0.25, -0.2) is 4.79 Å². The number of allylic oxidation sites excluding steroid dienone is 2. The molecular weight excluding hydrogens is 444 g/mol. The van der Waals surface area contributed by atoms with E-state index in [0.29, 0.717) is 11.3 Å². The van der Waals surface area contributed by atoms with Gasteiger partial charge in [0.1, 0.15) is 6.04 Å². The van der Waals surface area contributed by atoms with Gasteiger partial charge in [0.15, 0.2) is 0 Å². The van der Waals surface area contributed by atoms with Crippen LogP contribution in [-0.4, -0.2) is 40.7 Å². The van der Waals surface area contributed by atoms with Crippen molar-refractivity contribution in [3.63, 3.8) is 0 Å². The van der Waals surface area contributed by atoms with Crippen molar-refractivity contribution < 1.29 is 23.9 Å². The summed E-state index contributed by atoms with van der Waals surface area (Å²) in [5.74, 6) is -1.96. The van der Waals surface area contributed by atoms with Gasteiger partial charge >= 0.3 is 5.97 Å². The fourth-order valence-corrected chi connectivity index (χ4v) is 5.57. The molecule has 2 bridgehead atoms. The van der Waals surface area contributed by atoms with Crippen molar-refractivity contribution >= 4 is 29.4 Å². The Morgan fingerprint density at radius 3 is 2.11 bits per heavy atom. The van der Waals surface area contributed by atoms with E-state index in [2.05, 4.69) is 5.32 Å². The topological polar surface area (TPSA) is 92.8 Å². The minimum absolute atomic E-state index is 0.0741. The van der Waals surface area contributed by atoms with Crippen molar-refractivity contribution in [2.45, 2.75) is 38.8 Å². The number of carbonyl (C=O) groups is 4. The summed E-state index contributed by atoms with van der Waals surface area (Å²) >= 11 is 0. The van der Waals surface area contributed by atoms with Crippen molar-refractivity contribution in [1.29, 1.82) is 0 Å². The van der Waals surface area contributed by atoms with Gasteiger partial charge in [-0.3, -0.25) is 19.3 Å². The maximum Gasteiger partial charge on any atom is 0.338 e. The lowest BCUT2D eigenvalue weighted by Crippen LogP contribution is -2.49.